The number of fused-ring (bicyclic) bond motifs is 2. The number of benzene rings is 2. The molecule has 5 rings (SSSR count). The van der Waals surface area contributed by atoms with Gasteiger partial charge < -0.3 is 19.7 Å². The van der Waals surface area contributed by atoms with Gasteiger partial charge in [-0.2, -0.15) is 5.10 Å². The van der Waals surface area contributed by atoms with Crippen LogP contribution in [0.1, 0.15) is 19.8 Å². The van der Waals surface area contributed by atoms with E-state index in [2.05, 4.69) is 22.2 Å². The van der Waals surface area contributed by atoms with Crippen LogP contribution in [0.25, 0.3) is 10.8 Å². The maximum Gasteiger partial charge on any atom is 0.275 e. The van der Waals surface area contributed by atoms with Gasteiger partial charge in [-0.25, -0.2) is 4.68 Å². The van der Waals surface area contributed by atoms with Crippen molar-refractivity contribution in [1.29, 1.82) is 0 Å². The van der Waals surface area contributed by atoms with E-state index in [1.807, 2.05) is 18.2 Å². The molecule has 3 heterocycles. The van der Waals surface area contributed by atoms with Gasteiger partial charge in [-0.15, -0.1) is 0 Å². The van der Waals surface area contributed by atoms with E-state index in [-0.39, 0.29) is 24.8 Å². The normalized spacial score (nSPS) is 17.7. The summed E-state index contributed by atoms with van der Waals surface area (Å²) in [4.78, 5) is 28.0. The molecule has 8 nitrogen and oxygen atoms in total. The van der Waals surface area contributed by atoms with Gasteiger partial charge in [-0.3, -0.25) is 9.59 Å². The number of ether oxygens (including phenoxy) is 2. The second-order valence-electron chi connectivity index (χ2n) is 8.14. The maximum absolute atomic E-state index is 13.0. The smallest absolute Gasteiger partial charge is 0.275 e. The number of carbonyl (C=O) groups is 1. The van der Waals surface area contributed by atoms with Crippen LogP contribution in [-0.4, -0.2) is 35.6 Å². The van der Waals surface area contributed by atoms with Gasteiger partial charge in [0.25, 0.3) is 5.56 Å². The van der Waals surface area contributed by atoms with Crippen LogP contribution in [0.5, 0.6) is 11.5 Å². The van der Waals surface area contributed by atoms with Crippen molar-refractivity contribution in [3.05, 3.63) is 52.8 Å². The SMILES string of the molecule is C[C@@H]1CCCN(c2nn(CC(=O)Nc3ccc4c(c3)OCO4)c(=O)c3ccccc23)C1. The monoisotopic (exact) mass is 420 g/mol. The Morgan fingerprint density at radius 2 is 1.97 bits per heavy atom. The number of hydrogen-bond donors (Lipinski definition) is 1. The number of carbonyl (C=O) groups excluding carboxylic acids is 1. The summed E-state index contributed by atoms with van der Waals surface area (Å²) in [6, 6.07) is 12.7. The molecule has 31 heavy (non-hydrogen) atoms. The molecule has 3 aromatic rings. The number of amides is 1. The predicted octanol–water partition coefficient (Wildman–Crippen LogP) is 3.00. The summed E-state index contributed by atoms with van der Waals surface area (Å²) in [5.74, 6) is 2.22. The Kier molecular flexibility index (Phi) is 4.97. The molecule has 1 aromatic heterocycles. The second-order valence-corrected chi connectivity index (χ2v) is 8.14. The highest BCUT2D eigenvalue weighted by atomic mass is 16.7. The predicted molar refractivity (Wildman–Crippen MR) is 118 cm³/mol. The highest BCUT2D eigenvalue weighted by Gasteiger charge is 2.22. The van der Waals surface area contributed by atoms with Crippen LogP contribution in [0.4, 0.5) is 11.5 Å². The fourth-order valence-electron chi connectivity index (χ4n) is 4.25. The van der Waals surface area contributed by atoms with E-state index in [1.165, 1.54) is 11.1 Å². The third kappa shape index (κ3) is 3.81. The molecule has 0 aliphatic carbocycles. The Morgan fingerprint density at radius 1 is 1.16 bits per heavy atom. The third-order valence-electron chi connectivity index (χ3n) is 5.75. The maximum atomic E-state index is 13.0. The van der Waals surface area contributed by atoms with Gasteiger partial charge in [-0.05, 0) is 37.0 Å². The van der Waals surface area contributed by atoms with Crippen molar-refractivity contribution >= 4 is 28.2 Å². The first-order valence-electron chi connectivity index (χ1n) is 10.5. The van der Waals surface area contributed by atoms with Crippen molar-refractivity contribution in [1.82, 2.24) is 9.78 Å². The van der Waals surface area contributed by atoms with Crippen LogP contribution in [0.15, 0.2) is 47.3 Å². The lowest BCUT2D eigenvalue weighted by molar-refractivity contribution is -0.117. The molecule has 0 spiro atoms. The molecular formula is C23H24N4O4. The van der Waals surface area contributed by atoms with Gasteiger partial charge in [0.2, 0.25) is 12.7 Å². The van der Waals surface area contributed by atoms with Crippen molar-refractivity contribution < 1.29 is 14.3 Å². The van der Waals surface area contributed by atoms with E-state index in [0.29, 0.717) is 28.5 Å². The van der Waals surface area contributed by atoms with E-state index in [1.54, 1.807) is 24.3 Å². The molecule has 8 heteroatoms. The Morgan fingerprint density at radius 3 is 2.81 bits per heavy atom. The van der Waals surface area contributed by atoms with Gasteiger partial charge >= 0.3 is 0 Å². The minimum absolute atomic E-state index is 0.168. The molecular weight excluding hydrogens is 396 g/mol. The zero-order chi connectivity index (χ0) is 21.4. The zero-order valence-electron chi connectivity index (χ0n) is 17.3. The minimum Gasteiger partial charge on any atom is -0.454 e. The lowest BCUT2D eigenvalue weighted by Crippen LogP contribution is -2.38. The first-order valence-corrected chi connectivity index (χ1v) is 10.5. The van der Waals surface area contributed by atoms with Crippen LogP contribution in [0.2, 0.25) is 0 Å². The summed E-state index contributed by atoms with van der Waals surface area (Å²) in [6.07, 6.45) is 2.27. The zero-order valence-corrected chi connectivity index (χ0v) is 17.3. The van der Waals surface area contributed by atoms with Crippen LogP contribution < -0.4 is 25.2 Å². The lowest BCUT2D eigenvalue weighted by atomic mass is 10.00. The van der Waals surface area contributed by atoms with Gasteiger partial charge in [0, 0.05) is 30.2 Å². The summed E-state index contributed by atoms with van der Waals surface area (Å²) in [7, 11) is 0. The van der Waals surface area contributed by atoms with Crippen LogP contribution >= 0.6 is 0 Å². The molecule has 1 N–H and O–H groups in total. The first-order chi connectivity index (χ1) is 15.1. The van der Waals surface area contributed by atoms with Crippen molar-refractivity contribution in [3.63, 3.8) is 0 Å². The Balaban J connectivity index is 1.44. The number of nitrogens with zero attached hydrogens (tertiary/aromatic N) is 3. The fraction of sp³-hybridized carbons (Fsp3) is 0.348. The number of nitrogens with one attached hydrogen (secondary N) is 1. The van der Waals surface area contributed by atoms with E-state index < -0.39 is 0 Å². The highest BCUT2D eigenvalue weighted by Crippen LogP contribution is 2.34. The van der Waals surface area contributed by atoms with Crippen molar-refractivity contribution in [2.45, 2.75) is 26.3 Å². The quantitative estimate of drug-likeness (QED) is 0.698. The van der Waals surface area contributed by atoms with Gasteiger partial charge in [-0.1, -0.05) is 25.1 Å². The molecule has 1 amide bonds. The molecule has 0 radical (unpaired) electrons. The Hall–Kier alpha value is -3.55. The highest BCUT2D eigenvalue weighted by molar-refractivity contribution is 5.93. The molecule has 1 fully saturated rings. The minimum atomic E-state index is -0.332. The van der Waals surface area contributed by atoms with E-state index in [0.717, 1.165) is 30.7 Å². The largest absolute Gasteiger partial charge is 0.454 e. The Bertz CT molecular complexity index is 1210. The first kappa shape index (κ1) is 19.4. The molecule has 2 aliphatic rings. The Labute approximate surface area is 179 Å². The summed E-state index contributed by atoms with van der Waals surface area (Å²) < 4.78 is 11.9. The number of piperidine rings is 1. The molecule has 0 saturated carbocycles. The van der Waals surface area contributed by atoms with Crippen molar-refractivity contribution in [3.8, 4) is 11.5 Å². The molecule has 1 saturated heterocycles. The standard InChI is InChI=1S/C23H24N4O4/c1-15-5-4-10-26(12-15)22-17-6-2-3-7-18(17)23(29)27(25-22)13-21(28)24-16-8-9-19-20(11-16)31-14-30-19/h2-3,6-9,11,15H,4-5,10,12-14H2,1H3,(H,24,28)/t15-/m1/s1. The van der Waals surface area contributed by atoms with Crippen LogP contribution in [0, 0.1) is 5.92 Å². The van der Waals surface area contributed by atoms with E-state index in [9.17, 15) is 9.59 Å². The summed E-state index contributed by atoms with van der Waals surface area (Å²) in [5, 5.41) is 8.83. The van der Waals surface area contributed by atoms with E-state index in [4.69, 9.17) is 9.47 Å². The van der Waals surface area contributed by atoms with Crippen LogP contribution in [0.3, 0.4) is 0 Å². The van der Waals surface area contributed by atoms with Crippen LogP contribution in [-0.2, 0) is 11.3 Å². The molecule has 0 unspecified atom stereocenters. The fourth-order valence-corrected chi connectivity index (χ4v) is 4.25. The number of hydrogen-bond acceptors (Lipinski definition) is 6. The van der Waals surface area contributed by atoms with E-state index >= 15 is 0 Å². The lowest BCUT2D eigenvalue weighted by Gasteiger charge is -2.32. The molecule has 1 atom stereocenters. The summed E-state index contributed by atoms with van der Waals surface area (Å²) >= 11 is 0. The topological polar surface area (TPSA) is 85.7 Å². The summed E-state index contributed by atoms with van der Waals surface area (Å²) in [5.41, 5.74) is 0.304. The second kappa shape index (κ2) is 7.94. The van der Waals surface area contributed by atoms with Gasteiger partial charge in [0.15, 0.2) is 17.3 Å². The molecule has 0 bridgehead atoms. The molecule has 2 aromatic carbocycles. The third-order valence-corrected chi connectivity index (χ3v) is 5.75. The average Bonchev–Trinajstić information content (AvgIpc) is 3.23. The number of rotatable bonds is 4. The average molecular weight is 420 g/mol. The van der Waals surface area contributed by atoms with Crippen molar-refractivity contribution in [2.24, 2.45) is 5.92 Å². The molecule has 2 aliphatic heterocycles. The number of aromatic nitrogens is 2. The van der Waals surface area contributed by atoms with Gasteiger partial charge in [0.1, 0.15) is 6.54 Å². The molecule has 160 valence electrons. The van der Waals surface area contributed by atoms with Gasteiger partial charge in [0.05, 0.1) is 5.39 Å². The summed E-state index contributed by atoms with van der Waals surface area (Å²) in [6.45, 7) is 4.00. The number of anilines is 2. The van der Waals surface area contributed by atoms with Crippen molar-refractivity contribution in [2.75, 3.05) is 30.1 Å².